The van der Waals surface area contributed by atoms with E-state index < -0.39 is 6.04 Å². The summed E-state index contributed by atoms with van der Waals surface area (Å²) in [6.45, 7) is 2.20. The number of isothiocyanates is 1. The fourth-order valence-electron chi connectivity index (χ4n) is 1.55. The highest BCUT2D eigenvalue weighted by atomic mass is 32.1. The van der Waals surface area contributed by atoms with E-state index in [0.717, 1.165) is 12.8 Å². The first-order chi connectivity index (χ1) is 7.76. The van der Waals surface area contributed by atoms with E-state index in [2.05, 4.69) is 34.0 Å². The zero-order valence-electron chi connectivity index (χ0n) is 10.2. The highest BCUT2D eigenvalue weighted by Gasteiger charge is 2.16. The number of aliphatic imine (C=N–C) groups is 1. The first-order valence-electron chi connectivity index (χ1n) is 5.91. The van der Waals surface area contributed by atoms with Crippen LogP contribution in [0.5, 0.6) is 0 Å². The van der Waals surface area contributed by atoms with Gasteiger partial charge in [0, 0.05) is 0 Å². The van der Waals surface area contributed by atoms with Gasteiger partial charge in [-0.25, -0.2) is 9.79 Å². The van der Waals surface area contributed by atoms with E-state index in [1.54, 1.807) is 0 Å². The van der Waals surface area contributed by atoms with Crippen molar-refractivity contribution in [3.05, 3.63) is 0 Å². The van der Waals surface area contributed by atoms with Gasteiger partial charge in [0.2, 0.25) is 0 Å². The van der Waals surface area contributed by atoms with Crippen LogP contribution in [-0.4, -0.2) is 24.3 Å². The second-order valence-electron chi connectivity index (χ2n) is 3.82. The van der Waals surface area contributed by atoms with Gasteiger partial charge in [-0.15, -0.1) is 0 Å². The van der Waals surface area contributed by atoms with Crippen molar-refractivity contribution in [3.63, 3.8) is 0 Å². The molecule has 0 amide bonds. The maximum absolute atomic E-state index is 11.3. The largest absolute Gasteiger partial charge is 0.467 e. The Balaban J connectivity index is 3.68. The van der Waals surface area contributed by atoms with Gasteiger partial charge in [-0.05, 0) is 18.6 Å². The number of methoxy groups -OCH3 is 1. The van der Waals surface area contributed by atoms with E-state index in [0.29, 0.717) is 6.42 Å². The van der Waals surface area contributed by atoms with Crippen LogP contribution < -0.4 is 0 Å². The minimum Gasteiger partial charge on any atom is -0.467 e. The highest BCUT2D eigenvalue weighted by Crippen LogP contribution is 2.11. The number of unbranched alkanes of at least 4 members (excludes halogenated alkanes) is 5. The van der Waals surface area contributed by atoms with Crippen molar-refractivity contribution in [2.75, 3.05) is 7.11 Å². The Morgan fingerprint density at radius 1 is 1.31 bits per heavy atom. The molecule has 0 aliphatic carbocycles. The van der Waals surface area contributed by atoms with Crippen LogP contribution in [0.15, 0.2) is 4.99 Å². The summed E-state index contributed by atoms with van der Waals surface area (Å²) < 4.78 is 4.64. The van der Waals surface area contributed by atoms with Crippen LogP contribution in [0.2, 0.25) is 0 Å². The molecule has 0 aromatic heterocycles. The molecule has 0 aromatic carbocycles. The van der Waals surface area contributed by atoms with E-state index in [4.69, 9.17) is 0 Å². The lowest BCUT2D eigenvalue weighted by Gasteiger charge is -2.08. The second-order valence-corrected chi connectivity index (χ2v) is 4.00. The molecule has 0 fully saturated rings. The average Bonchev–Trinajstić information content (AvgIpc) is 2.31. The van der Waals surface area contributed by atoms with Crippen molar-refractivity contribution in [1.29, 1.82) is 0 Å². The molecule has 0 heterocycles. The molecular formula is C12H21NO2S. The van der Waals surface area contributed by atoms with E-state index in [1.807, 2.05) is 0 Å². The normalized spacial score (nSPS) is 11.6. The number of nitrogens with zero attached hydrogens (tertiary/aromatic N) is 1. The molecule has 0 aliphatic heterocycles. The molecule has 0 rings (SSSR count). The Hall–Kier alpha value is -0.730. The highest BCUT2D eigenvalue weighted by molar-refractivity contribution is 7.78. The van der Waals surface area contributed by atoms with E-state index >= 15 is 0 Å². The summed E-state index contributed by atoms with van der Waals surface area (Å²) in [5.41, 5.74) is 0. The van der Waals surface area contributed by atoms with E-state index in [-0.39, 0.29) is 5.97 Å². The van der Waals surface area contributed by atoms with Gasteiger partial charge in [0.05, 0.1) is 12.3 Å². The molecule has 92 valence electrons. The summed E-state index contributed by atoms with van der Waals surface area (Å²) in [5, 5.41) is 2.25. The number of rotatable bonds is 9. The molecule has 1 unspecified atom stereocenters. The predicted molar refractivity (Wildman–Crippen MR) is 68.8 cm³/mol. The third kappa shape index (κ3) is 7.55. The summed E-state index contributed by atoms with van der Waals surface area (Å²) >= 11 is 4.51. The molecule has 0 aliphatic rings. The summed E-state index contributed by atoms with van der Waals surface area (Å²) in [5.74, 6) is -0.314. The molecule has 16 heavy (non-hydrogen) atoms. The van der Waals surface area contributed by atoms with Crippen molar-refractivity contribution in [2.24, 2.45) is 4.99 Å². The lowest BCUT2D eigenvalue weighted by atomic mass is 10.1. The minimum absolute atomic E-state index is 0.314. The Morgan fingerprint density at radius 2 is 1.94 bits per heavy atom. The number of hydrogen-bond acceptors (Lipinski definition) is 4. The van der Waals surface area contributed by atoms with Crippen molar-refractivity contribution in [2.45, 2.75) is 57.9 Å². The SMILES string of the molecule is CCCCCCCCC(N=C=S)C(=O)OC. The molecule has 0 N–H and O–H groups in total. The minimum atomic E-state index is -0.450. The molecular weight excluding hydrogens is 222 g/mol. The quantitative estimate of drug-likeness (QED) is 0.270. The standard InChI is InChI=1S/C12H21NO2S/c1-3-4-5-6-7-8-9-11(13-10-16)12(14)15-2/h11H,3-9H2,1-2H3. The third-order valence-electron chi connectivity index (χ3n) is 2.51. The van der Waals surface area contributed by atoms with Crippen LogP contribution >= 0.6 is 12.2 Å². The fourth-order valence-corrected chi connectivity index (χ4v) is 1.68. The molecule has 0 saturated carbocycles. The van der Waals surface area contributed by atoms with Crippen molar-refractivity contribution < 1.29 is 9.53 Å². The molecule has 1 atom stereocenters. The topological polar surface area (TPSA) is 38.7 Å². The smallest absolute Gasteiger partial charge is 0.331 e. The van der Waals surface area contributed by atoms with Gasteiger partial charge in [-0.3, -0.25) is 0 Å². The molecule has 0 bridgehead atoms. The van der Waals surface area contributed by atoms with Crippen molar-refractivity contribution >= 4 is 23.3 Å². The van der Waals surface area contributed by atoms with Gasteiger partial charge >= 0.3 is 5.97 Å². The summed E-state index contributed by atoms with van der Waals surface area (Å²) in [7, 11) is 1.37. The fraction of sp³-hybridized carbons (Fsp3) is 0.833. The number of carbonyl (C=O) groups is 1. The summed E-state index contributed by atoms with van der Waals surface area (Å²) in [6, 6.07) is -0.450. The van der Waals surface area contributed by atoms with Gasteiger partial charge in [0.15, 0.2) is 6.04 Å². The van der Waals surface area contributed by atoms with Gasteiger partial charge in [0.1, 0.15) is 0 Å². The van der Waals surface area contributed by atoms with Crippen LogP contribution in [0.3, 0.4) is 0 Å². The van der Waals surface area contributed by atoms with Gasteiger partial charge in [0.25, 0.3) is 0 Å². The first kappa shape index (κ1) is 15.3. The third-order valence-corrected chi connectivity index (χ3v) is 2.62. The van der Waals surface area contributed by atoms with Crippen LogP contribution in [0.4, 0.5) is 0 Å². The van der Waals surface area contributed by atoms with Crippen LogP contribution in [-0.2, 0) is 9.53 Å². The summed E-state index contributed by atoms with van der Waals surface area (Å²) in [4.78, 5) is 15.1. The monoisotopic (exact) mass is 243 g/mol. The Labute approximate surface area is 103 Å². The Morgan fingerprint density at radius 3 is 2.50 bits per heavy atom. The summed E-state index contributed by atoms with van der Waals surface area (Å²) in [6.07, 6.45) is 7.88. The Bertz CT molecular complexity index is 237. The number of carbonyl (C=O) groups excluding carboxylic acids is 1. The number of hydrogen-bond donors (Lipinski definition) is 0. The number of thiocarbonyl (C=S) groups is 1. The molecule has 4 heteroatoms. The van der Waals surface area contributed by atoms with Crippen LogP contribution in [0, 0.1) is 0 Å². The maximum atomic E-state index is 11.3. The number of esters is 1. The van der Waals surface area contributed by atoms with Gasteiger partial charge in [-0.2, -0.15) is 0 Å². The zero-order valence-corrected chi connectivity index (χ0v) is 11.0. The van der Waals surface area contributed by atoms with Crippen LogP contribution in [0.1, 0.15) is 51.9 Å². The van der Waals surface area contributed by atoms with Crippen LogP contribution in [0.25, 0.3) is 0 Å². The van der Waals surface area contributed by atoms with Crippen molar-refractivity contribution in [1.82, 2.24) is 0 Å². The Kier molecular flexibility index (Phi) is 10.3. The molecule has 3 nitrogen and oxygen atoms in total. The molecule has 0 aromatic rings. The number of ether oxygens (including phenoxy) is 1. The average molecular weight is 243 g/mol. The first-order valence-corrected chi connectivity index (χ1v) is 6.31. The maximum Gasteiger partial charge on any atom is 0.331 e. The zero-order chi connectivity index (χ0) is 12.2. The van der Waals surface area contributed by atoms with E-state index in [9.17, 15) is 4.79 Å². The van der Waals surface area contributed by atoms with Crippen molar-refractivity contribution in [3.8, 4) is 0 Å². The van der Waals surface area contributed by atoms with Gasteiger partial charge < -0.3 is 4.74 Å². The lowest BCUT2D eigenvalue weighted by Crippen LogP contribution is -2.19. The lowest BCUT2D eigenvalue weighted by molar-refractivity contribution is -0.142. The molecule has 0 radical (unpaired) electrons. The predicted octanol–water partition coefficient (Wildman–Crippen LogP) is 3.38. The molecule has 0 spiro atoms. The molecule has 0 saturated heterocycles. The second kappa shape index (κ2) is 10.8. The van der Waals surface area contributed by atoms with E-state index in [1.165, 1.54) is 32.8 Å². The van der Waals surface area contributed by atoms with Gasteiger partial charge in [-0.1, -0.05) is 45.4 Å².